The van der Waals surface area contributed by atoms with Gasteiger partial charge in [0.2, 0.25) is 0 Å². The number of ether oxygens (including phenoxy) is 2. The molecule has 7 heteroatoms. The second-order valence-electron chi connectivity index (χ2n) is 9.92. The summed E-state index contributed by atoms with van der Waals surface area (Å²) < 4.78 is 41.5. The van der Waals surface area contributed by atoms with Gasteiger partial charge in [0.1, 0.15) is 30.0 Å². The molecule has 1 atom stereocenters. The molecule has 188 valence electrons. The molecule has 0 aliphatic carbocycles. The number of halogens is 2. The van der Waals surface area contributed by atoms with Crippen LogP contribution in [0.5, 0.6) is 0 Å². The molecular formula is C29H30F2N2O3. The number of benzene rings is 2. The molecule has 0 saturated heterocycles. The van der Waals surface area contributed by atoms with Gasteiger partial charge in [0.25, 0.3) is 6.47 Å². The molecule has 5 nitrogen and oxygen atoms in total. The minimum atomic E-state index is -0.563. The van der Waals surface area contributed by atoms with E-state index in [1.165, 1.54) is 6.07 Å². The molecule has 0 saturated carbocycles. The van der Waals surface area contributed by atoms with E-state index in [1.54, 1.807) is 0 Å². The highest BCUT2D eigenvalue weighted by molar-refractivity contribution is 5.96. The molecule has 1 unspecified atom stereocenters. The fraction of sp³-hybridized carbons (Fsp3) is 0.310. The van der Waals surface area contributed by atoms with E-state index < -0.39 is 23.3 Å². The Morgan fingerprint density at radius 1 is 1.06 bits per heavy atom. The lowest BCUT2D eigenvalue weighted by Gasteiger charge is -2.30. The molecule has 0 spiro atoms. The summed E-state index contributed by atoms with van der Waals surface area (Å²) in [6.45, 7) is 10.3. The van der Waals surface area contributed by atoms with Gasteiger partial charge in [-0.2, -0.15) is 0 Å². The van der Waals surface area contributed by atoms with Gasteiger partial charge in [-0.1, -0.05) is 29.8 Å². The molecule has 2 aromatic heterocycles. The third kappa shape index (κ3) is 5.46. The molecule has 0 amide bonds. The maximum Gasteiger partial charge on any atom is 0.293 e. The highest BCUT2D eigenvalue weighted by Gasteiger charge is 2.28. The maximum absolute atomic E-state index is 14.4. The largest absolute Gasteiger partial charge is 0.465 e. The normalized spacial score (nSPS) is 12.6. The van der Waals surface area contributed by atoms with Gasteiger partial charge in [-0.15, -0.1) is 0 Å². The second kappa shape index (κ2) is 10.2. The first-order valence-electron chi connectivity index (χ1n) is 11.8. The minimum absolute atomic E-state index is 0.0306. The molecular weight excluding hydrogens is 462 g/mol. The monoisotopic (exact) mass is 492 g/mol. The van der Waals surface area contributed by atoms with Crippen LogP contribution >= 0.6 is 0 Å². The van der Waals surface area contributed by atoms with Crippen molar-refractivity contribution in [2.45, 2.75) is 52.9 Å². The highest BCUT2D eigenvalue weighted by Crippen LogP contribution is 2.40. The van der Waals surface area contributed by atoms with Crippen molar-refractivity contribution in [3.8, 4) is 11.1 Å². The first-order chi connectivity index (χ1) is 17.1. The van der Waals surface area contributed by atoms with Gasteiger partial charge in [0.05, 0.1) is 12.1 Å². The molecule has 0 N–H and O–H groups in total. The number of fused-ring (bicyclic) bond motifs is 1. The Balaban J connectivity index is 1.94. The third-order valence-electron chi connectivity index (χ3n) is 5.96. The van der Waals surface area contributed by atoms with Crippen LogP contribution in [0, 0.1) is 25.5 Å². The fourth-order valence-electron chi connectivity index (χ4n) is 4.46. The van der Waals surface area contributed by atoms with Crippen LogP contribution in [0.2, 0.25) is 0 Å². The number of hydrogen-bond acceptors (Lipinski definition) is 4. The van der Waals surface area contributed by atoms with E-state index in [9.17, 15) is 13.6 Å². The van der Waals surface area contributed by atoms with Crippen molar-refractivity contribution in [1.29, 1.82) is 0 Å². The fourth-order valence-corrected chi connectivity index (χ4v) is 4.46. The molecule has 0 fully saturated rings. The Bertz CT molecular complexity index is 1390. The van der Waals surface area contributed by atoms with Gasteiger partial charge in [-0.3, -0.25) is 4.79 Å². The molecule has 2 heterocycles. The lowest BCUT2D eigenvalue weighted by molar-refractivity contribution is -0.139. The predicted molar refractivity (Wildman–Crippen MR) is 136 cm³/mol. The van der Waals surface area contributed by atoms with E-state index in [-0.39, 0.29) is 18.7 Å². The molecule has 4 aromatic rings. The number of nitrogens with zero attached hydrogens (tertiary/aromatic N) is 2. The van der Waals surface area contributed by atoms with E-state index in [0.717, 1.165) is 39.8 Å². The van der Waals surface area contributed by atoms with Gasteiger partial charge in [-0.05, 0) is 64.4 Å². The van der Waals surface area contributed by atoms with Crippen LogP contribution in [0.25, 0.3) is 22.2 Å². The van der Waals surface area contributed by atoms with Gasteiger partial charge in [0.15, 0.2) is 0 Å². The van der Waals surface area contributed by atoms with Crippen molar-refractivity contribution in [3.63, 3.8) is 0 Å². The molecule has 4 rings (SSSR count). The van der Waals surface area contributed by atoms with Crippen molar-refractivity contribution in [2.24, 2.45) is 0 Å². The highest BCUT2D eigenvalue weighted by atomic mass is 19.1. The molecule has 0 bridgehead atoms. The van der Waals surface area contributed by atoms with E-state index in [2.05, 4.69) is 0 Å². The molecule has 0 aliphatic heterocycles. The topological polar surface area (TPSA) is 53.4 Å². The number of pyridine rings is 1. The number of hydrogen-bond donors (Lipinski definition) is 0. The Labute approximate surface area is 209 Å². The standard InChI is InChI=1S/C29H30F2N2O3/c1-18-6-8-20(9-7-18)27-23-12-13-33(15-21-14-22(30)10-11-24(21)31)28(23)32-19(2)26(27)25(16-35-17-34)36-29(3,4)5/h6-14,17,25H,15-16H2,1-5H3. The zero-order chi connectivity index (χ0) is 26.0. The van der Waals surface area contributed by atoms with Gasteiger partial charge in [0, 0.05) is 34.0 Å². The predicted octanol–water partition coefficient (Wildman–Crippen LogP) is 6.68. The first-order valence-corrected chi connectivity index (χ1v) is 11.8. The summed E-state index contributed by atoms with van der Waals surface area (Å²) in [6, 6.07) is 13.5. The second-order valence-corrected chi connectivity index (χ2v) is 9.92. The van der Waals surface area contributed by atoms with Crippen LogP contribution in [0.15, 0.2) is 54.7 Å². The maximum atomic E-state index is 14.4. The van der Waals surface area contributed by atoms with Crippen molar-refractivity contribution in [2.75, 3.05) is 6.61 Å². The molecule has 0 radical (unpaired) electrons. The average Bonchev–Trinajstić information content (AvgIpc) is 3.20. The summed E-state index contributed by atoms with van der Waals surface area (Å²) in [7, 11) is 0. The molecule has 36 heavy (non-hydrogen) atoms. The smallest absolute Gasteiger partial charge is 0.293 e. The van der Waals surface area contributed by atoms with E-state index in [4.69, 9.17) is 14.5 Å². The van der Waals surface area contributed by atoms with E-state index in [1.807, 2.05) is 75.7 Å². The summed E-state index contributed by atoms with van der Waals surface area (Å²) in [4.78, 5) is 15.9. The summed E-state index contributed by atoms with van der Waals surface area (Å²) in [5.41, 5.74) is 4.85. The number of carbonyl (C=O) groups excluding carboxylic acids is 1. The number of aromatic nitrogens is 2. The number of rotatable bonds is 8. The summed E-state index contributed by atoms with van der Waals surface area (Å²) in [6.07, 6.45) is 1.26. The van der Waals surface area contributed by atoms with Crippen molar-refractivity contribution >= 4 is 17.5 Å². The van der Waals surface area contributed by atoms with Crippen LogP contribution in [-0.2, 0) is 20.8 Å². The Hall–Kier alpha value is -3.58. The summed E-state index contributed by atoms with van der Waals surface area (Å²) >= 11 is 0. The van der Waals surface area contributed by atoms with E-state index in [0.29, 0.717) is 17.8 Å². The van der Waals surface area contributed by atoms with E-state index >= 15 is 0 Å². The van der Waals surface area contributed by atoms with Crippen LogP contribution < -0.4 is 0 Å². The minimum Gasteiger partial charge on any atom is -0.465 e. The average molecular weight is 493 g/mol. The molecule has 0 aliphatic rings. The first kappa shape index (κ1) is 25.5. The quantitative estimate of drug-likeness (QED) is 0.258. The van der Waals surface area contributed by atoms with Crippen LogP contribution in [0.3, 0.4) is 0 Å². The molecule has 2 aromatic carbocycles. The number of carbonyl (C=O) groups is 1. The zero-order valence-electron chi connectivity index (χ0n) is 21.1. The van der Waals surface area contributed by atoms with Crippen molar-refractivity contribution < 1.29 is 23.0 Å². The van der Waals surface area contributed by atoms with Crippen LogP contribution in [0.4, 0.5) is 8.78 Å². The van der Waals surface area contributed by atoms with Crippen LogP contribution in [-0.4, -0.2) is 28.2 Å². The Morgan fingerprint density at radius 2 is 1.78 bits per heavy atom. The van der Waals surface area contributed by atoms with Crippen molar-refractivity contribution in [3.05, 3.63) is 88.7 Å². The van der Waals surface area contributed by atoms with Gasteiger partial charge >= 0.3 is 0 Å². The van der Waals surface area contributed by atoms with Gasteiger partial charge < -0.3 is 14.0 Å². The number of aryl methyl sites for hydroxylation is 2. The lowest BCUT2D eigenvalue weighted by Crippen LogP contribution is -2.26. The van der Waals surface area contributed by atoms with Gasteiger partial charge in [-0.25, -0.2) is 13.8 Å². The lowest BCUT2D eigenvalue weighted by atomic mass is 9.92. The van der Waals surface area contributed by atoms with Crippen molar-refractivity contribution in [1.82, 2.24) is 9.55 Å². The summed E-state index contributed by atoms with van der Waals surface area (Å²) in [5.74, 6) is -0.970. The SMILES string of the molecule is Cc1ccc(-c2c(C(COC=O)OC(C)(C)C)c(C)nc3c2ccn3Cc2cc(F)ccc2F)cc1. The third-order valence-corrected chi connectivity index (χ3v) is 5.96. The zero-order valence-corrected chi connectivity index (χ0v) is 21.1. The Kier molecular flexibility index (Phi) is 7.22. The Morgan fingerprint density at radius 3 is 2.44 bits per heavy atom. The van der Waals surface area contributed by atoms with Crippen LogP contribution in [0.1, 0.15) is 49.3 Å². The summed E-state index contributed by atoms with van der Waals surface area (Å²) in [5, 5.41) is 0.838.